The van der Waals surface area contributed by atoms with Crippen molar-refractivity contribution in [1.29, 1.82) is 0 Å². The monoisotopic (exact) mass is 249 g/mol. The van der Waals surface area contributed by atoms with Crippen molar-refractivity contribution in [2.45, 2.75) is 30.9 Å². The van der Waals surface area contributed by atoms with Crippen LogP contribution in [0.2, 0.25) is 0 Å². The second kappa shape index (κ2) is 4.82. The number of hydrogen-bond acceptors (Lipinski definition) is 4. The van der Waals surface area contributed by atoms with Crippen molar-refractivity contribution < 1.29 is 23.1 Å². The van der Waals surface area contributed by atoms with E-state index in [9.17, 15) is 18.0 Å². The number of carboxylic acid groups (broad SMARTS) is 1. The number of sulfone groups is 1. The van der Waals surface area contributed by atoms with Gasteiger partial charge in [0.05, 0.1) is 11.2 Å². The van der Waals surface area contributed by atoms with Crippen molar-refractivity contribution in [2.24, 2.45) is 11.7 Å². The van der Waals surface area contributed by atoms with Crippen LogP contribution < -0.4 is 5.73 Å². The highest BCUT2D eigenvalue weighted by Crippen LogP contribution is 2.28. The van der Waals surface area contributed by atoms with Crippen LogP contribution in [0.4, 0.5) is 0 Å². The Morgan fingerprint density at radius 2 is 1.69 bits per heavy atom. The summed E-state index contributed by atoms with van der Waals surface area (Å²) in [5, 5.41) is 8.13. The fraction of sp³-hybridized carbons (Fsp3) is 0.778. The number of hydrogen-bond donors (Lipinski definition) is 2. The molecular weight excluding hydrogens is 234 g/mol. The molecule has 1 saturated carbocycles. The zero-order valence-corrected chi connectivity index (χ0v) is 9.57. The molecule has 6 nitrogen and oxygen atoms in total. The van der Waals surface area contributed by atoms with Gasteiger partial charge in [-0.2, -0.15) is 0 Å². The van der Waals surface area contributed by atoms with E-state index in [2.05, 4.69) is 0 Å². The number of carbonyl (C=O) groups excluding carboxylic acids is 1. The standard InChI is InChI=1S/C9H15NO5S/c10-8(11)5-16(14,15)7-3-1-6(2-4-7)9(12)13/h6-7H,1-5H2,(H2,10,11)(H,12,13). The highest BCUT2D eigenvalue weighted by molar-refractivity contribution is 7.92. The molecule has 0 aromatic heterocycles. The van der Waals surface area contributed by atoms with Crippen molar-refractivity contribution in [3.63, 3.8) is 0 Å². The molecule has 0 spiro atoms. The Kier molecular flexibility index (Phi) is 3.90. The van der Waals surface area contributed by atoms with Gasteiger partial charge in [-0.3, -0.25) is 9.59 Å². The molecule has 1 aliphatic rings. The third kappa shape index (κ3) is 3.19. The van der Waals surface area contributed by atoms with Crippen LogP contribution in [0.25, 0.3) is 0 Å². The number of amides is 1. The lowest BCUT2D eigenvalue weighted by molar-refractivity contribution is -0.142. The van der Waals surface area contributed by atoms with Crippen LogP contribution in [0.1, 0.15) is 25.7 Å². The van der Waals surface area contributed by atoms with Gasteiger partial charge in [0.2, 0.25) is 5.91 Å². The van der Waals surface area contributed by atoms with E-state index in [4.69, 9.17) is 10.8 Å². The number of aliphatic carboxylic acids is 1. The van der Waals surface area contributed by atoms with Crippen LogP contribution in [-0.4, -0.2) is 36.4 Å². The predicted molar refractivity (Wildman–Crippen MR) is 56.4 cm³/mol. The second-order valence-electron chi connectivity index (χ2n) is 4.09. The van der Waals surface area contributed by atoms with Crippen molar-refractivity contribution in [2.75, 3.05) is 5.75 Å². The summed E-state index contributed by atoms with van der Waals surface area (Å²) >= 11 is 0. The Morgan fingerprint density at radius 1 is 1.19 bits per heavy atom. The molecular formula is C9H15NO5S. The van der Waals surface area contributed by atoms with E-state index in [1.165, 1.54) is 0 Å². The SMILES string of the molecule is NC(=O)CS(=O)(=O)C1CCC(C(=O)O)CC1. The quantitative estimate of drug-likeness (QED) is 0.699. The van der Waals surface area contributed by atoms with E-state index in [1.807, 2.05) is 0 Å². The summed E-state index contributed by atoms with van der Waals surface area (Å²) in [6.07, 6.45) is 1.29. The average Bonchev–Trinajstić information content (AvgIpc) is 2.16. The smallest absolute Gasteiger partial charge is 0.306 e. The zero-order valence-electron chi connectivity index (χ0n) is 8.76. The number of carboxylic acids is 1. The fourth-order valence-corrected chi connectivity index (χ4v) is 3.61. The second-order valence-corrected chi connectivity index (χ2v) is 6.37. The van der Waals surface area contributed by atoms with Crippen LogP contribution in [-0.2, 0) is 19.4 Å². The van der Waals surface area contributed by atoms with Gasteiger partial charge >= 0.3 is 5.97 Å². The molecule has 1 fully saturated rings. The third-order valence-corrected chi connectivity index (χ3v) is 5.05. The maximum absolute atomic E-state index is 11.6. The van der Waals surface area contributed by atoms with Crippen molar-refractivity contribution in [3.05, 3.63) is 0 Å². The van der Waals surface area contributed by atoms with Crippen molar-refractivity contribution >= 4 is 21.7 Å². The molecule has 0 bridgehead atoms. The van der Waals surface area contributed by atoms with Crippen LogP contribution in [0.5, 0.6) is 0 Å². The summed E-state index contributed by atoms with van der Waals surface area (Å²) in [7, 11) is -3.50. The van der Waals surface area contributed by atoms with Gasteiger partial charge in [0, 0.05) is 0 Å². The van der Waals surface area contributed by atoms with Crippen LogP contribution >= 0.6 is 0 Å². The minimum atomic E-state index is -3.50. The summed E-state index contributed by atoms with van der Waals surface area (Å²) in [6, 6.07) is 0. The van der Waals surface area contributed by atoms with E-state index in [1.54, 1.807) is 0 Å². The van der Waals surface area contributed by atoms with Gasteiger partial charge in [0.1, 0.15) is 5.75 Å². The molecule has 92 valence electrons. The van der Waals surface area contributed by atoms with E-state index >= 15 is 0 Å². The van der Waals surface area contributed by atoms with Gasteiger partial charge in [-0.25, -0.2) is 8.42 Å². The summed E-state index contributed by atoms with van der Waals surface area (Å²) in [4.78, 5) is 21.2. The normalized spacial score (nSPS) is 26.2. The van der Waals surface area contributed by atoms with Crippen LogP contribution in [0.3, 0.4) is 0 Å². The maximum Gasteiger partial charge on any atom is 0.306 e. The summed E-state index contributed by atoms with van der Waals surface area (Å²) in [5.41, 5.74) is 4.85. The lowest BCUT2D eigenvalue weighted by Gasteiger charge is -2.25. The Morgan fingerprint density at radius 3 is 2.06 bits per heavy atom. The van der Waals surface area contributed by atoms with Crippen molar-refractivity contribution in [1.82, 2.24) is 0 Å². The van der Waals surface area contributed by atoms with Gasteiger partial charge in [-0.05, 0) is 25.7 Å². The van der Waals surface area contributed by atoms with Gasteiger partial charge in [0.25, 0.3) is 0 Å². The number of nitrogens with two attached hydrogens (primary N) is 1. The topological polar surface area (TPSA) is 115 Å². The molecule has 0 aromatic rings. The Bertz CT molecular complexity index is 381. The average molecular weight is 249 g/mol. The highest BCUT2D eigenvalue weighted by Gasteiger charge is 2.33. The van der Waals surface area contributed by atoms with E-state index < -0.39 is 38.6 Å². The van der Waals surface area contributed by atoms with Crippen molar-refractivity contribution in [3.8, 4) is 0 Å². The summed E-state index contributed by atoms with van der Waals surface area (Å²) < 4.78 is 23.2. The van der Waals surface area contributed by atoms with E-state index in [0.29, 0.717) is 25.7 Å². The minimum absolute atomic E-state index is 0.298. The van der Waals surface area contributed by atoms with Gasteiger partial charge < -0.3 is 10.8 Å². The summed E-state index contributed by atoms with van der Waals surface area (Å²) in [5.74, 6) is -2.85. The molecule has 1 rings (SSSR count). The molecule has 3 N–H and O–H groups in total. The van der Waals surface area contributed by atoms with E-state index in [-0.39, 0.29) is 0 Å². The molecule has 16 heavy (non-hydrogen) atoms. The molecule has 0 aliphatic heterocycles. The van der Waals surface area contributed by atoms with Crippen LogP contribution in [0, 0.1) is 5.92 Å². The maximum atomic E-state index is 11.6. The molecule has 0 unspecified atom stereocenters. The molecule has 0 saturated heterocycles. The Labute approximate surface area is 93.7 Å². The molecule has 0 heterocycles. The molecule has 0 aromatic carbocycles. The first-order valence-corrected chi connectivity index (χ1v) is 6.77. The molecule has 1 amide bonds. The predicted octanol–water partition coefficient (Wildman–Crippen LogP) is -0.470. The fourth-order valence-electron chi connectivity index (χ4n) is 1.99. The number of rotatable bonds is 4. The van der Waals surface area contributed by atoms with Gasteiger partial charge in [-0.1, -0.05) is 0 Å². The molecule has 1 aliphatic carbocycles. The van der Waals surface area contributed by atoms with E-state index in [0.717, 1.165) is 0 Å². The first-order chi connectivity index (χ1) is 7.33. The van der Waals surface area contributed by atoms with Gasteiger partial charge in [-0.15, -0.1) is 0 Å². The summed E-state index contributed by atoms with van der Waals surface area (Å²) in [6.45, 7) is 0. The Balaban J connectivity index is 2.60. The largest absolute Gasteiger partial charge is 0.481 e. The lowest BCUT2D eigenvalue weighted by atomic mass is 9.89. The highest BCUT2D eigenvalue weighted by atomic mass is 32.2. The van der Waals surface area contributed by atoms with Gasteiger partial charge in [0.15, 0.2) is 9.84 Å². The first kappa shape index (κ1) is 13.0. The zero-order chi connectivity index (χ0) is 12.3. The minimum Gasteiger partial charge on any atom is -0.481 e. The lowest BCUT2D eigenvalue weighted by Crippen LogP contribution is -2.35. The molecule has 0 radical (unpaired) electrons. The number of carbonyl (C=O) groups is 2. The van der Waals surface area contributed by atoms with Crippen LogP contribution in [0.15, 0.2) is 0 Å². The number of primary amides is 1. The third-order valence-electron chi connectivity index (χ3n) is 2.87. The first-order valence-electron chi connectivity index (χ1n) is 5.05. The molecule has 0 atom stereocenters. The molecule has 7 heteroatoms. The Hall–Kier alpha value is -1.11.